The van der Waals surface area contributed by atoms with Gasteiger partial charge in [0.15, 0.2) is 0 Å². The van der Waals surface area contributed by atoms with Crippen LogP contribution in [0.2, 0.25) is 0 Å². The SMILES string of the molecule is CC(C)CC(C)c1ccccc1-c1cccc(C(N)=O)c1I. The highest BCUT2D eigenvalue weighted by Crippen LogP contribution is 2.35. The molecule has 2 aromatic rings. The van der Waals surface area contributed by atoms with Crippen LogP contribution in [0.25, 0.3) is 11.1 Å². The molecule has 0 aliphatic heterocycles. The first-order valence-corrected chi connectivity index (χ1v) is 8.67. The summed E-state index contributed by atoms with van der Waals surface area (Å²) in [6.07, 6.45) is 1.14. The van der Waals surface area contributed by atoms with Gasteiger partial charge in [0, 0.05) is 3.57 Å². The molecule has 1 atom stereocenters. The summed E-state index contributed by atoms with van der Waals surface area (Å²) in [4.78, 5) is 11.6. The Morgan fingerprint density at radius 3 is 2.32 bits per heavy atom. The van der Waals surface area contributed by atoms with Crippen molar-refractivity contribution < 1.29 is 4.79 Å². The minimum Gasteiger partial charge on any atom is -0.366 e. The summed E-state index contributed by atoms with van der Waals surface area (Å²) >= 11 is 2.22. The van der Waals surface area contributed by atoms with Gasteiger partial charge in [0.1, 0.15) is 0 Å². The van der Waals surface area contributed by atoms with Gasteiger partial charge >= 0.3 is 0 Å². The third-order valence-electron chi connectivity index (χ3n) is 3.87. The van der Waals surface area contributed by atoms with E-state index in [-0.39, 0.29) is 5.91 Å². The van der Waals surface area contributed by atoms with E-state index in [4.69, 9.17) is 5.73 Å². The first kappa shape index (κ1) is 17.0. The van der Waals surface area contributed by atoms with Crippen LogP contribution in [0.3, 0.4) is 0 Å². The Bertz CT molecular complexity index is 679. The molecule has 2 N–H and O–H groups in total. The fourth-order valence-electron chi connectivity index (χ4n) is 2.94. The fourth-order valence-corrected chi connectivity index (χ4v) is 3.85. The second-order valence-corrected chi connectivity index (χ2v) is 7.23. The molecule has 2 rings (SSSR count). The molecule has 0 aliphatic carbocycles. The van der Waals surface area contributed by atoms with Crippen molar-refractivity contribution in [3.05, 3.63) is 57.2 Å². The molecular formula is C19H22INO. The summed E-state index contributed by atoms with van der Waals surface area (Å²) in [7, 11) is 0. The first-order valence-electron chi connectivity index (χ1n) is 7.59. The molecule has 0 saturated carbocycles. The van der Waals surface area contributed by atoms with Gasteiger partial charge in [-0.05, 0) is 63.6 Å². The average molecular weight is 407 g/mol. The van der Waals surface area contributed by atoms with Gasteiger partial charge in [0.05, 0.1) is 5.56 Å². The number of nitrogens with two attached hydrogens (primary N) is 1. The van der Waals surface area contributed by atoms with Gasteiger partial charge in [0.25, 0.3) is 0 Å². The van der Waals surface area contributed by atoms with Crippen LogP contribution in [0.15, 0.2) is 42.5 Å². The molecule has 0 fully saturated rings. The highest BCUT2D eigenvalue weighted by Gasteiger charge is 2.17. The van der Waals surface area contributed by atoms with Crippen LogP contribution >= 0.6 is 22.6 Å². The summed E-state index contributed by atoms with van der Waals surface area (Å²) in [5.74, 6) is 0.752. The zero-order valence-corrected chi connectivity index (χ0v) is 15.4. The lowest BCUT2D eigenvalue weighted by atomic mass is 9.86. The molecule has 22 heavy (non-hydrogen) atoms. The average Bonchev–Trinajstić information content (AvgIpc) is 2.46. The highest BCUT2D eigenvalue weighted by atomic mass is 127. The summed E-state index contributed by atoms with van der Waals surface area (Å²) in [6.45, 7) is 6.76. The number of amides is 1. The van der Waals surface area contributed by atoms with Crippen LogP contribution in [0.4, 0.5) is 0 Å². The molecule has 0 aromatic heterocycles. The quantitative estimate of drug-likeness (QED) is 0.680. The summed E-state index contributed by atoms with van der Waals surface area (Å²) in [6, 6.07) is 14.2. The monoisotopic (exact) mass is 407 g/mol. The Morgan fingerprint density at radius 1 is 1.05 bits per heavy atom. The Kier molecular flexibility index (Phi) is 5.62. The Labute approximate surface area is 146 Å². The molecule has 2 aromatic carbocycles. The molecule has 1 amide bonds. The second-order valence-electron chi connectivity index (χ2n) is 6.15. The lowest BCUT2D eigenvalue weighted by molar-refractivity contribution is 0.0999. The van der Waals surface area contributed by atoms with Gasteiger partial charge in [-0.15, -0.1) is 0 Å². The largest absolute Gasteiger partial charge is 0.366 e. The lowest BCUT2D eigenvalue weighted by Crippen LogP contribution is -2.13. The molecule has 116 valence electrons. The van der Waals surface area contributed by atoms with Crippen molar-refractivity contribution >= 4 is 28.5 Å². The number of halogens is 1. The van der Waals surface area contributed by atoms with Crippen LogP contribution < -0.4 is 5.73 Å². The molecular weight excluding hydrogens is 385 g/mol. The smallest absolute Gasteiger partial charge is 0.249 e. The topological polar surface area (TPSA) is 43.1 Å². The van der Waals surface area contributed by atoms with Crippen molar-refractivity contribution in [2.75, 3.05) is 0 Å². The van der Waals surface area contributed by atoms with E-state index >= 15 is 0 Å². The van der Waals surface area contributed by atoms with E-state index in [0.717, 1.165) is 15.6 Å². The van der Waals surface area contributed by atoms with Crippen LogP contribution in [-0.4, -0.2) is 5.91 Å². The second kappa shape index (κ2) is 7.27. The van der Waals surface area contributed by atoms with Crippen molar-refractivity contribution in [2.24, 2.45) is 11.7 Å². The van der Waals surface area contributed by atoms with E-state index in [2.05, 4.69) is 67.6 Å². The van der Waals surface area contributed by atoms with E-state index < -0.39 is 0 Å². The normalized spacial score (nSPS) is 12.4. The number of benzene rings is 2. The predicted molar refractivity (Wildman–Crippen MR) is 101 cm³/mol. The van der Waals surface area contributed by atoms with E-state index in [1.165, 1.54) is 11.1 Å². The van der Waals surface area contributed by atoms with E-state index in [1.54, 1.807) is 6.07 Å². The van der Waals surface area contributed by atoms with Crippen LogP contribution in [0.1, 0.15) is 49.0 Å². The molecule has 0 spiro atoms. The minimum atomic E-state index is -0.376. The Morgan fingerprint density at radius 2 is 1.68 bits per heavy atom. The maximum absolute atomic E-state index is 11.6. The predicted octanol–water partition coefficient (Wildman–Crippen LogP) is 5.21. The van der Waals surface area contributed by atoms with Gasteiger partial charge in [-0.3, -0.25) is 4.79 Å². The van der Waals surface area contributed by atoms with Crippen molar-refractivity contribution in [3.8, 4) is 11.1 Å². The number of carbonyl (C=O) groups excluding carboxylic acids is 1. The molecule has 0 radical (unpaired) electrons. The molecule has 2 nitrogen and oxygen atoms in total. The zero-order valence-electron chi connectivity index (χ0n) is 13.3. The number of rotatable bonds is 5. The van der Waals surface area contributed by atoms with E-state index in [9.17, 15) is 4.79 Å². The van der Waals surface area contributed by atoms with E-state index in [1.807, 2.05) is 12.1 Å². The van der Waals surface area contributed by atoms with Crippen molar-refractivity contribution in [3.63, 3.8) is 0 Å². The highest BCUT2D eigenvalue weighted by molar-refractivity contribution is 14.1. The molecule has 0 aliphatic rings. The van der Waals surface area contributed by atoms with Crippen LogP contribution in [0, 0.1) is 9.49 Å². The van der Waals surface area contributed by atoms with Gasteiger partial charge in [0.2, 0.25) is 5.91 Å². The Hall–Kier alpha value is -1.36. The third-order valence-corrected chi connectivity index (χ3v) is 5.03. The molecule has 1 unspecified atom stereocenters. The maximum atomic E-state index is 11.6. The minimum absolute atomic E-state index is 0.376. The van der Waals surface area contributed by atoms with Gasteiger partial charge in [-0.2, -0.15) is 0 Å². The third kappa shape index (κ3) is 3.69. The fraction of sp³-hybridized carbons (Fsp3) is 0.316. The summed E-state index contributed by atoms with van der Waals surface area (Å²) in [5, 5.41) is 0. The number of carbonyl (C=O) groups is 1. The first-order chi connectivity index (χ1) is 10.4. The summed E-state index contributed by atoms with van der Waals surface area (Å²) < 4.78 is 0.928. The zero-order chi connectivity index (χ0) is 16.3. The number of hydrogen-bond donors (Lipinski definition) is 1. The molecule has 3 heteroatoms. The van der Waals surface area contributed by atoms with Gasteiger partial charge in [-0.1, -0.05) is 57.2 Å². The lowest BCUT2D eigenvalue weighted by Gasteiger charge is -2.19. The van der Waals surface area contributed by atoms with Crippen LogP contribution in [-0.2, 0) is 0 Å². The maximum Gasteiger partial charge on any atom is 0.249 e. The Balaban J connectivity index is 2.55. The number of hydrogen-bond acceptors (Lipinski definition) is 1. The van der Waals surface area contributed by atoms with Crippen LogP contribution in [0.5, 0.6) is 0 Å². The van der Waals surface area contributed by atoms with Gasteiger partial charge < -0.3 is 5.73 Å². The van der Waals surface area contributed by atoms with Gasteiger partial charge in [-0.25, -0.2) is 0 Å². The molecule has 0 bridgehead atoms. The van der Waals surface area contributed by atoms with E-state index in [0.29, 0.717) is 17.4 Å². The molecule has 0 heterocycles. The number of primary amides is 1. The standard InChI is InChI=1S/C19H22INO/c1-12(2)11-13(3)14-7-4-5-8-15(14)16-9-6-10-17(18(16)20)19(21)22/h4-10,12-13H,11H2,1-3H3,(H2,21,22). The molecule has 0 saturated heterocycles. The van der Waals surface area contributed by atoms with Crippen molar-refractivity contribution in [1.29, 1.82) is 0 Å². The van der Waals surface area contributed by atoms with Crippen molar-refractivity contribution in [1.82, 2.24) is 0 Å². The summed E-state index contributed by atoms with van der Waals surface area (Å²) in [5.41, 5.74) is 9.68. The van der Waals surface area contributed by atoms with Crippen molar-refractivity contribution in [2.45, 2.75) is 33.1 Å².